The van der Waals surface area contributed by atoms with Crippen LogP contribution in [0.15, 0.2) is 0 Å². The Bertz CT molecular complexity index is 302. The van der Waals surface area contributed by atoms with Crippen LogP contribution in [0, 0.1) is 0 Å². The molecule has 0 aliphatic carbocycles. The highest BCUT2D eigenvalue weighted by atomic mass is 16.3. The first-order chi connectivity index (χ1) is 6.57. The quantitative estimate of drug-likeness (QED) is 0.803. The van der Waals surface area contributed by atoms with Crippen LogP contribution in [0.1, 0.15) is 50.8 Å². The van der Waals surface area contributed by atoms with Crippen molar-refractivity contribution < 1.29 is 5.11 Å². The van der Waals surface area contributed by atoms with Gasteiger partial charge in [0.25, 0.3) is 0 Å². The number of aromatic nitrogens is 2. The van der Waals surface area contributed by atoms with E-state index in [0.29, 0.717) is 11.8 Å². The number of rotatable bonds is 4. The van der Waals surface area contributed by atoms with Gasteiger partial charge in [0.05, 0.1) is 5.69 Å². The van der Waals surface area contributed by atoms with Crippen LogP contribution in [0.5, 0.6) is 5.88 Å². The van der Waals surface area contributed by atoms with E-state index < -0.39 is 0 Å². The van der Waals surface area contributed by atoms with Gasteiger partial charge in [0, 0.05) is 12.6 Å². The predicted molar refractivity (Wildman–Crippen MR) is 57.6 cm³/mol. The summed E-state index contributed by atoms with van der Waals surface area (Å²) in [5.41, 5.74) is 2.07. The monoisotopic (exact) mass is 196 g/mol. The first kappa shape index (κ1) is 11.1. The van der Waals surface area contributed by atoms with E-state index >= 15 is 0 Å². The van der Waals surface area contributed by atoms with Gasteiger partial charge < -0.3 is 5.11 Å². The minimum absolute atomic E-state index is 0.325. The maximum absolute atomic E-state index is 9.79. The molecule has 14 heavy (non-hydrogen) atoms. The molecule has 0 radical (unpaired) electrons. The van der Waals surface area contributed by atoms with Gasteiger partial charge in [-0.25, -0.2) is 4.68 Å². The SMILES string of the molecule is CCCCc1nn(C)c(O)c1C(C)C. The number of aromatic hydroxyl groups is 1. The molecule has 0 saturated heterocycles. The van der Waals surface area contributed by atoms with Gasteiger partial charge in [0.2, 0.25) is 5.88 Å². The molecule has 3 heteroatoms. The highest BCUT2D eigenvalue weighted by molar-refractivity contribution is 5.33. The second kappa shape index (κ2) is 4.49. The molecule has 80 valence electrons. The average Bonchev–Trinajstić information content (AvgIpc) is 2.39. The lowest BCUT2D eigenvalue weighted by molar-refractivity contribution is 0.412. The minimum atomic E-state index is 0.325. The lowest BCUT2D eigenvalue weighted by Gasteiger charge is -2.05. The topological polar surface area (TPSA) is 38.0 Å². The van der Waals surface area contributed by atoms with Crippen molar-refractivity contribution >= 4 is 0 Å². The molecule has 0 aliphatic heterocycles. The normalized spacial score (nSPS) is 11.2. The number of nitrogens with zero attached hydrogens (tertiary/aromatic N) is 2. The summed E-state index contributed by atoms with van der Waals surface area (Å²) in [5.74, 6) is 0.668. The zero-order valence-corrected chi connectivity index (χ0v) is 9.54. The Labute approximate surface area is 85.8 Å². The minimum Gasteiger partial charge on any atom is -0.493 e. The zero-order chi connectivity index (χ0) is 10.7. The smallest absolute Gasteiger partial charge is 0.212 e. The lowest BCUT2D eigenvalue weighted by atomic mass is 10.0. The van der Waals surface area contributed by atoms with Crippen molar-refractivity contribution in [3.63, 3.8) is 0 Å². The number of aryl methyl sites for hydroxylation is 2. The molecule has 0 atom stereocenters. The Morgan fingerprint density at radius 1 is 1.43 bits per heavy atom. The summed E-state index contributed by atoms with van der Waals surface area (Å²) >= 11 is 0. The van der Waals surface area contributed by atoms with E-state index in [0.717, 1.165) is 30.5 Å². The van der Waals surface area contributed by atoms with E-state index in [-0.39, 0.29) is 0 Å². The van der Waals surface area contributed by atoms with Crippen molar-refractivity contribution in [1.29, 1.82) is 0 Å². The maximum atomic E-state index is 9.79. The molecule has 0 saturated carbocycles. The number of hydrogen-bond donors (Lipinski definition) is 1. The van der Waals surface area contributed by atoms with Crippen molar-refractivity contribution in [1.82, 2.24) is 9.78 Å². The molecule has 1 N–H and O–H groups in total. The Hall–Kier alpha value is -0.990. The van der Waals surface area contributed by atoms with Crippen molar-refractivity contribution in [2.45, 2.75) is 46.0 Å². The van der Waals surface area contributed by atoms with Gasteiger partial charge in [-0.2, -0.15) is 5.10 Å². The summed E-state index contributed by atoms with van der Waals surface area (Å²) in [4.78, 5) is 0. The predicted octanol–water partition coefficient (Wildman–Crippen LogP) is 2.59. The van der Waals surface area contributed by atoms with Gasteiger partial charge in [-0.15, -0.1) is 0 Å². The third kappa shape index (κ3) is 2.08. The van der Waals surface area contributed by atoms with Gasteiger partial charge in [-0.05, 0) is 18.8 Å². The van der Waals surface area contributed by atoms with Gasteiger partial charge in [-0.1, -0.05) is 27.2 Å². The third-order valence-corrected chi connectivity index (χ3v) is 2.47. The Kier molecular flexibility index (Phi) is 3.55. The van der Waals surface area contributed by atoms with E-state index in [1.807, 2.05) is 0 Å². The molecule has 1 aromatic rings. The van der Waals surface area contributed by atoms with Crippen LogP contribution in [-0.2, 0) is 13.5 Å². The summed E-state index contributed by atoms with van der Waals surface area (Å²) in [7, 11) is 1.79. The molecule has 1 heterocycles. The van der Waals surface area contributed by atoms with E-state index in [4.69, 9.17) is 0 Å². The zero-order valence-electron chi connectivity index (χ0n) is 9.54. The summed E-state index contributed by atoms with van der Waals surface area (Å²) in [6.45, 7) is 6.34. The third-order valence-electron chi connectivity index (χ3n) is 2.47. The van der Waals surface area contributed by atoms with E-state index in [9.17, 15) is 5.11 Å². The van der Waals surface area contributed by atoms with Crippen LogP contribution in [0.25, 0.3) is 0 Å². The molecular weight excluding hydrogens is 176 g/mol. The fourth-order valence-electron chi connectivity index (χ4n) is 1.71. The van der Waals surface area contributed by atoms with Crippen molar-refractivity contribution in [2.24, 2.45) is 7.05 Å². The molecule has 0 unspecified atom stereocenters. The molecule has 3 nitrogen and oxygen atoms in total. The van der Waals surface area contributed by atoms with Gasteiger partial charge in [0.15, 0.2) is 0 Å². The van der Waals surface area contributed by atoms with Crippen LogP contribution in [0.2, 0.25) is 0 Å². The standard InChI is InChI=1S/C11H20N2O/c1-5-6-7-9-10(8(2)3)11(14)13(4)12-9/h8,14H,5-7H2,1-4H3. The highest BCUT2D eigenvalue weighted by Gasteiger charge is 2.17. The second-order valence-electron chi connectivity index (χ2n) is 4.07. The summed E-state index contributed by atoms with van der Waals surface area (Å²) in [6.07, 6.45) is 3.27. The number of unbranched alkanes of at least 4 members (excludes halogenated alkanes) is 1. The fraction of sp³-hybridized carbons (Fsp3) is 0.727. The molecule has 0 fully saturated rings. The highest BCUT2D eigenvalue weighted by Crippen LogP contribution is 2.29. The van der Waals surface area contributed by atoms with Crippen molar-refractivity contribution in [3.8, 4) is 5.88 Å². The van der Waals surface area contributed by atoms with Crippen LogP contribution in [0.4, 0.5) is 0 Å². The van der Waals surface area contributed by atoms with Crippen molar-refractivity contribution in [2.75, 3.05) is 0 Å². The first-order valence-electron chi connectivity index (χ1n) is 5.32. The molecule has 0 aliphatic rings. The molecule has 0 aromatic carbocycles. The van der Waals surface area contributed by atoms with Gasteiger partial charge in [-0.3, -0.25) is 0 Å². The van der Waals surface area contributed by atoms with E-state index in [1.54, 1.807) is 11.7 Å². The van der Waals surface area contributed by atoms with E-state index in [2.05, 4.69) is 25.9 Å². The summed E-state index contributed by atoms with van der Waals surface area (Å²) in [6, 6.07) is 0. The Morgan fingerprint density at radius 2 is 2.07 bits per heavy atom. The van der Waals surface area contributed by atoms with E-state index in [1.165, 1.54) is 0 Å². The van der Waals surface area contributed by atoms with Crippen LogP contribution in [-0.4, -0.2) is 14.9 Å². The Morgan fingerprint density at radius 3 is 2.57 bits per heavy atom. The van der Waals surface area contributed by atoms with Crippen LogP contribution in [0.3, 0.4) is 0 Å². The molecule has 0 amide bonds. The molecule has 1 aromatic heterocycles. The summed E-state index contributed by atoms with van der Waals surface area (Å²) in [5, 5.41) is 14.1. The largest absolute Gasteiger partial charge is 0.493 e. The van der Waals surface area contributed by atoms with Crippen LogP contribution >= 0.6 is 0 Å². The van der Waals surface area contributed by atoms with Gasteiger partial charge >= 0.3 is 0 Å². The summed E-state index contributed by atoms with van der Waals surface area (Å²) < 4.78 is 1.57. The maximum Gasteiger partial charge on any atom is 0.212 e. The first-order valence-corrected chi connectivity index (χ1v) is 5.32. The average molecular weight is 196 g/mol. The van der Waals surface area contributed by atoms with Crippen LogP contribution < -0.4 is 0 Å². The van der Waals surface area contributed by atoms with Gasteiger partial charge in [0.1, 0.15) is 0 Å². The molecule has 0 spiro atoms. The Balaban J connectivity index is 2.96. The molecular formula is C11H20N2O. The lowest BCUT2D eigenvalue weighted by Crippen LogP contribution is -1.94. The second-order valence-corrected chi connectivity index (χ2v) is 4.07. The number of hydrogen-bond acceptors (Lipinski definition) is 2. The fourth-order valence-corrected chi connectivity index (χ4v) is 1.71. The molecule has 1 rings (SSSR count). The van der Waals surface area contributed by atoms with Crippen molar-refractivity contribution in [3.05, 3.63) is 11.3 Å². The molecule has 0 bridgehead atoms.